The van der Waals surface area contributed by atoms with E-state index in [0.29, 0.717) is 12.1 Å². The SMILES string of the molecule is CNC(=O)Nc1cc(NC(C)c2ccc3c(c2)CCC(=O)N3)ccc1F. The largest absolute Gasteiger partial charge is 0.378 e. The summed E-state index contributed by atoms with van der Waals surface area (Å²) in [5.41, 5.74) is 3.82. The fourth-order valence-corrected chi connectivity index (χ4v) is 2.90. The van der Waals surface area contributed by atoms with E-state index in [1.165, 1.54) is 13.1 Å². The molecule has 1 aliphatic rings. The highest BCUT2D eigenvalue weighted by Gasteiger charge is 2.16. The third-order valence-electron chi connectivity index (χ3n) is 4.35. The number of rotatable bonds is 4. The number of amides is 3. The van der Waals surface area contributed by atoms with Gasteiger partial charge in [-0.1, -0.05) is 12.1 Å². The Bertz CT molecular complexity index is 853. The van der Waals surface area contributed by atoms with Crippen molar-refractivity contribution in [1.29, 1.82) is 0 Å². The number of hydrogen-bond acceptors (Lipinski definition) is 3. The van der Waals surface area contributed by atoms with Crippen LogP contribution in [0.25, 0.3) is 0 Å². The number of urea groups is 1. The van der Waals surface area contributed by atoms with Crippen molar-refractivity contribution in [2.75, 3.05) is 23.0 Å². The maximum absolute atomic E-state index is 13.8. The van der Waals surface area contributed by atoms with Crippen molar-refractivity contribution in [2.45, 2.75) is 25.8 Å². The highest BCUT2D eigenvalue weighted by molar-refractivity contribution is 5.94. The van der Waals surface area contributed by atoms with Crippen LogP contribution in [0.5, 0.6) is 0 Å². The van der Waals surface area contributed by atoms with Gasteiger partial charge in [-0.05, 0) is 48.7 Å². The summed E-state index contributed by atoms with van der Waals surface area (Å²) in [5.74, 6) is -0.463. The standard InChI is InChI=1S/C19H21FN4O2/c1-11(12-3-7-16-13(9-12)4-8-18(25)23-16)22-14-5-6-15(20)17(10-14)24-19(26)21-2/h3,5-7,9-11,22H,4,8H2,1-2H3,(H,23,25)(H2,21,24,26). The number of nitrogens with one attached hydrogen (secondary N) is 4. The first-order valence-corrected chi connectivity index (χ1v) is 8.44. The van der Waals surface area contributed by atoms with Gasteiger partial charge in [-0.3, -0.25) is 4.79 Å². The number of hydrogen-bond donors (Lipinski definition) is 4. The molecule has 2 aromatic rings. The zero-order chi connectivity index (χ0) is 18.7. The third-order valence-corrected chi connectivity index (χ3v) is 4.35. The van der Waals surface area contributed by atoms with E-state index in [-0.39, 0.29) is 17.6 Å². The lowest BCUT2D eigenvalue weighted by Gasteiger charge is -2.21. The number of aryl methyl sites for hydroxylation is 1. The van der Waals surface area contributed by atoms with Crippen LogP contribution in [0.15, 0.2) is 36.4 Å². The van der Waals surface area contributed by atoms with E-state index in [2.05, 4.69) is 27.3 Å². The summed E-state index contributed by atoms with van der Waals surface area (Å²) in [6, 6.07) is 9.90. The van der Waals surface area contributed by atoms with Crippen molar-refractivity contribution >= 4 is 29.0 Å². The first kappa shape index (κ1) is 17.7. The molecule has 0 saturated heterocycles. The zero-order valence-electron chi connectivity index (χ0n) is 14.7. The van der Waals surface area contributed by atoms with Gasteiger partial charge in [0.15, 0.2) is 0 Å². The molecule has 0 aromatic heterocycles. The third kappa shape index (κ3) is 3.93. The van der Waals surface area contributed by atoms with Crippen molar-refractivity contribution < 1.29 is 14.0 Å². The maximum Gasteiger partial charge on any atom is 0.319 e. The molecule has 3 rings (SSSR count). The second-order valence-corrected chi connectivity index (χ2v) is 6.23. The molecule has 26 heavy (non-hydrogen) atoms. The van der Waals surface area contributed by atoms with E-state index in [4.69, 9.17) is 0 Å². The van der Waals surface area contributed by atoms with Gasteiger partial charge in [0.25, 0.3) is 0 Å². The fourth-order valence-electron chi connectivity index (χ4n) is 2.90. The minimum Gasteiger partial charge on any atom is -0.378 e. The number of anilines is 3. The van der Waals surface area contributed by atoms with Crippen molar-refractivity contribution in [1.82, 2.24) is 5.32 Å². The molecule has 1 unspecified atom stereocenters. The topological polar surface area (TPSA) is 82.3 Å². The molecule has 3 amide bonds. The summed E-state index contributed by atoms with van der Waals surface area (Å²) in [6.45, 7) is 2.00. The van der Waals surface area contributed by atoms with E-state index in [1.54, 1.807) is 12.1 Å². The van der Waals surface area contributed by atoms with E-state index >= 15 is 0 Å². The van der Waals surface area contributed by atoms with Crippen LogP contribution in [0, 0.1) is 5.82 Å². The monoisotopic (exact) mass is 356 g/mol. The average molecular weight is 356 g/mol. The Morgan fingerprint density at radius 3 is 2.77 bits per heavy atom. The van der Waals surface area contributed by atoms with Crippen molar-refractivity contribution in [2.24, 2.45) is 0 Å². The summed E-state index contributed by atoms with van der Waals surface area (Å²) in [6.07, 6.45) is 1.21. The molecule has 1 heterocycles. The fraction of sp³-hybridized carbons (Fsp3) is 0.263. The van der Waals surface area contributed by atoms with Crippen LogP contribution >= 0.6 is 0 Å². The number of benzene rings is 2. The van der Waals surface area contributed by atoms with E-state index in [0.717, 1.165) is 23.2 Å². The van der Waals surface area contributed by atoms with Crippen LogP contribution < -0.4 is 21.3 Å². The number of fused-ring (bicyclic) bond motifs is 1. The first-order valence-electron chi connectivity index (χ1n) is 8.44. The van der Waals surface area contributed by atoms with Crippen molar-refractivity contribution in [3.63, 3.8) is 0 Å². The second kappa shape index (κ2) is 7.43. The molecule has 4 N–H and O–H groups in total. The predicted octanol–water partition coefficient (Wildman–Crippen LogP) is 3.63. The molecule has 6 nitrogen and oxygen atoms in total. The molecule has 136 valence electrons. The summed E-state index contributed by atoms with van der Waals surface area (Å²) in [5, 5.41) is 11.0. The Hall–Kier alpha value is -3.09. The average Bonchev–Trinajstić information content (AvgIpc) is 2.63. The Morgan fingerprint density at radius 2 is 2.00 bits per heavy atom. The minimum atomic E-state index is -0.503. The molecule has 7 heteroatoms. The normalized spacial score (nSPS) is 14.0. The van der Waals surface area contributed by atoms with Crippen LogP contribution in [0.3, 0.4) is 0 Å². The number of carbonyl (C=O) groups excluding carboxylic acids is 2. The van der Waals surface area contributed by atoms with E-state index in [9.17, 15) is 14.0 Å². The van der Waals surface area contributed by atoms with E-state index < -0.39 is 11.8 Å². The molecular formula is C19H21FN4O2. The molecule has 0 bridgehead atoms. The van der Waals surface area contributed by atoms with Gasteiger partial charge in [0.2, 0.25) is 5.91 Å². The molecule has 2 aromatic carbocycles. The lowest BCUT2D eigenvalue weighted by atomic mass is 9.97. The van der Waals surface area contributed by atoms with Gasteiger partial charge in [-0.2, -0.15) is 0 Å². The smallest absolute Gasteiger partial charge is 0.319 e. The van der Waals surface area contributed by atoms with Gasteiger partial charge in [-0.25, -0.2) is 9.18 Å². The molecule has 1 aliphatic heterocycles. The Labute approximate surface area is 151 Å². The summed E-state index contributed by atoms with van der Waals surface area (Å²) in [4.78, 5) is 22.9. The predicted molar refractivity (Wildman–Crippen MR) is 99.9 cm³/mol. The summed E-state index contributed by atoms with van der Waals surface area (Å²) >= 11 is 0. The highest BCUT2D eigenvalue weighted by Crippen LogP contribution is 2.28. The van der Waals surface area contributed by atoms with Crippen LogP contribution in [0.2, 0.25) is 0 Å². The van der Waals surface area contributed by atoms with Crippen molar-refractivity contribution in [3.8, 4) is 0 Å². The Morgan fingerprint density at radius 1 is 1.19 bits per heavy atom. The summed E-state index contributed by atoms with van der Waals surface area (Å²) < 4.78 is 13.8. The van der Waals surface area contributed by atoms with Gasteiger partial charge >= 0.3 is 6.03 Å². The molecule has 0 spiro atoms. The summed E-state index contributed by atoms with van der Waals surface area (Å²) in [7, 11) is 1.47. The Balaban J connectivity index is 1.75. The molecule has 1 atom stereocenters. The molecular weight excluding hydrogens is 335 g/mol. The van der Waals surface area contributed by atoms with Crippen LogP contribution in [0.4, 0.5) is 26.2 Å². The maximum atomic E-state index is 13.8. The van der Waals surface area contributed by atoms with Gasteiger partial charge in [0.1, 0.15) is 5.82 Å². The number of halogens is 1. The highest BCUT2D eigenvalue weighted by atomic mass is 19.1. The van der Waals surface area contributed by atoms with Crippen LogP contribution in [0.1, 0.15) is 30.5 Å². The lowest BCUT2D eigenvalue weighted by Crippen LogP contribution is -2.25. The van der Waals surface area contributed by atoms with Crippen LogP contribution in [-0.2, 0) is 11.2 Å². The Kier molecular flexibility index (Phi) is 5.06. The molecule has 0 fully saturated rings. The zero-order valence-corrected chi connectivity index (χ0v) is 14.7. The minimum absolute atomic E-state index is 0.0313. The lowest BCUT2D eigenvalue weighted by molar-refractivity contribution is -0.116. The molecule has 0 saturated carbocycles. The van der Waals surface area contributed by atoms with Gasteiger partial charge in [0.05, 0.1) is 5.69 Å². The van der Waals surface area contributed by atoms with Gasteiger partial charge in [-0.15, -0.1) is 0 Å². The van der Waals surface area contributed by atoms with Crippen LogP contribution in [-0.4, -0.2) is 19.0 Å². The first-order chi connectivity index (χ1) is 12.5. The van der Waals surface area contributed by atoms with E-state index in [1.807, 2.05) is 19.1 Å². The van der Waals surface area contributed by atoms with Gasteiger partial charge in [0, 0.05) is 30.9 Å². The second-order valence-electron chi connectivity index (χ2n) is 6.23. The number of carbonyl (C=O) groups is 2. The molecule has 0 radical (unpaired) electrons. The quantitative estimate of drug-likeness (QED) is 0.675. The van der Waals surface area contributed by atoms with Gasteiger partial charge < -0.3 is 21.3 Å². The van der Waals surface area contributed by atoms with Crippen molar-refractivity contribution in [3.05, 3.63) is 53.3 Å². The molecule has 0 aliphatic carbocycles.